The van der Waals surface area contributed by atoms with E-state index in [9.17, 15) is 39.4 Å². The van der Waals surface area contributed by atoms with E-state index in [2.05, 4.69) is 17.3 Å². The third kappa shape index (κ3) is 5.11. The minimum absolute atomic E-state index is 0. The van der Waals surface area contributed by atoms with E-state index in [0.717, 1.165) is 0 Å². The molecule has 0 radical (unpaired) electrons. The van der Waals surface area contributed by atoms with Crippen LogP contribution in [0.25, 0.3) is 0 Å². The van der Waals surface area contributed by atoms with Crippen LogP contribution in [0.5, 0.6) is 11.5 Å². The summed E-state index contributed by atoms with van der Waals surface area (Å²) in [4.78, 5) is 24.6. The molecule has 0 saturated heterocycles. The van der Waals surface area contributed by atoms with Gasteiger partial charge in [-0.25, -0.2) is 8.42 Å². The van der Waals surface area contributed by atoms with Crippen molar-refractivity contribution in [1.82, 2.24) is 0 Å². The molecule has 0 amide bonds. The van der Waals surface area contributed by atoms with Crippen LogP contribution in [0.1, 0.15) is 31.8 Å². The molecule has 0 atom stereocenters. The number of hydrogen-bond donors (Lipinski definition) is 0. The maximum atomic E-state index is 13.1. The van der Waals surface area contributed by atoms with Gasteiger partial charge in [-0.1, -0.05) is 37.4 Å². The van der Waals surface area contributed by atoms with Crippen molar-refractivity contribution in [2.45, 2.75) is 4.90 Å². The number of hydrogen-bond acceptors (Lipinski definition) is 11. The van der Waals surface area contributed by atoms with Gasteiger partial charge in [-0.05, 0) is 6.07 Å². The molecule has 3 rings (SSSR count). The molecular formula is C18H11NaO11S3. The minimum atomic E-state index is -5.59. The van der Waals surface area contributed by atoms with Gasteiger partial charge in [0.1, 0.15) is 15.0 Å². The van der Waals surface area contributed by atoms with E-state index in [-0.39, 0.29) is 51.5 Å². The van der Waals surface area contributed by atoms with Gasteiger partial charge in [-0.2, -0.15) is 16.8 Å². The molecule has 0 aromatic heterocycles. The number of rotatable bonds is 7. The summed E-state index contributed by atoms with van der Waals surface area (Å²) in [7, 11) is -15.2. The zero-order valence-electron chi connectivity index (χ0n) is 16.7. The zero-order chi connectivity index (χ0) is 24.1. The van der Waals surface area contributed by atoms with Gasteiger partial charge < -0.3 is 12.9 Å². The monoisotopic (exact) mass is 522 g/mol. The summed E-state index contributed by atoms with van der Waals surface area (Å²) in [6, 6.07) is 5.70. The molecule has 0 N–H and O–H groups in total. The molecule has 15 heteroatoms. The van der Waals surface area contributed by atoms with Crippen LogP contribution in [0, 0.1) is 0 Å². The van der Waals surface area contributed by atoms with Crippen LogP contribution < -0.4 is 37.9 Å². The molecule has 2 aromatic rings. The van der Waals surface area contributed by atoms with E-state index < -0.39 is 69.4 Å². The van der Waals surface area contributed by atoms with Gasteiger partial charge in [0, 0.05) is 16.7 Å². The molecule has 0 saturated carbocycles. The zero-order valence-corrected chi connectivity index (χ0v) is 21.1. The second-order valence-corrected chi connectivity index (χ2v) is 10.4. The van der Waals surface area contributed by atoms with Gasteiger partial charge in [-0.3, -0.25) is 9.59 Å². The standard InChI is InChI=1S/C18H12O11S3.Na/c1-3-30(21,22)28-17-13(32(25,26)27)9-12-14(18(17)29-31(23,24)4-2)16(20)11-8-6-5-7-10(11)15(12)19;/h3-9H,1-2H2,(H,25,26,27);/q;+1/p-1. The summed E-state index contributed by atoms with van der Waals surface area (Å²) >= 11 is 0. The van der Waals surface area contributed by atoms with Crippen LogP contribution in [-0.4, -0.2) is 41.4 Å². The normalized spacial score (nSPS) is 13.2. The molecule has 168 valence electrons. The van der Waals surface area contributed by atoms with Crippen LogP contribution in [0.3, 0.4) is 0 Å². The van der Waals surface area contributed by atoms with E-state index in [1.54, 1.807) is 0 Å². The van der Waals surface area contributed by atoms with Gasteiger partial charge in [0.15, 0.2) is 17.3 Å². The molecule has 0 spiro atoms. The Hall–Kier alpha value is -2.33. The van der Waals surface area contributed by atoms with Crippen molar-refractivity contribution < 1.29 is 77.3 Å². The van der Waals surface area contributed by atoms with Crippen molar-refractivity contribution in [2.75, 3.05) is 0 Å². The average molecular weight is 522 g/mol. The number of carbonyl (C=O) groups is 2. The fraction of sp³-hybridized carbons (Fsp3) is 0. The third-order valence-corrected chi connectivity index (χ3v) is 6.62. The Morgan fingerprint density at radius 1 is 0.758 bits per heavy atom. The molecule has 11 nitrogen and oxygen atoms in total. The second kappa shape index (κ2) is 9.13. The van der Waals surface area contributed by atoms with Gasteiger partial charge in [0.25, 0.3) is 0 Å². The Bertz CT molecular complexity index is 1540. The van der Waals surface area contributed by atoms with Crippen molar-refractivity contribution in [3.63, 3.8) is 0 Å². The molecule has 0 fully saturated rings. The van der Waals surface area contributed by atoms with E-state index in [1.807, 2.05) is 0 Å². The Morgan fingerprint density at radius 2 is 1.21 bits per heavy atom. The fourth-order valence-corrected chi connectivity index (χ4v) is 4.43. The average Bonchev–Trinajstić information content (AvgIpc) is 2.71. The van der Waals surface area contributed by atoms with Crippen LogP contribution in [0.2, 0.25) is 0 Å². The Labute approximate surface area is 211 Å². The first-order valence-electron chi connectivity index (χ1n) is 8.21. The molecule has 33 heavy (non-hydrogen) atoms. The topological polar surface area (TPSA) is 178 Å². The Kier molecular flexibility index (Phi) is 7.45. The van der Waals surface area contributed by atoms with Crippen molar-refractivity contribution in [1.29, 1.82) is 0 Å². The van der Waals surface area contributed by atoms with Crippen molar-refractivity contribution >= 4 is 41.9 Å². The first-order valence-corrected chi connectivity index (χ1v) is 12.6. The molecule has 0 heterocycles. The third-order valence-electron chi connectivity index (χ3n) is 4.17. The van der Waals surface area contributed by atoms with Gasteiger partial charge in [0.05, 0.1) is 16.4 Å². The maximum Gasteiger partial charge on any atom is 1.00 e. The quantitative estimate of drug-likeness (QED) is 0.192. The second-order valence-electron chi connectivity index (χ2n) is 6.10. The molecule has 0 bridgehead atoms. The summed E-state index contributed by atoms with van der Waals surface area (Å²) in [5.74, 6) is -4.67. The predicted molar refractivity (Wildman–Crippen MR) is 107 cm³/mol. The minimum Gasteiger partial charge on any atom is -0.744 e. The number of carbonyl (C=O) groups excluding carboxylic acids is 2. The van der Waals surface area contributed by atoms with Crippen LogP contribution in [0.4, 0.5) is 0 Å². The SMILES string of the molecule is C=CS(=O)(=O)Oc1c(S(=O)(=O)[O-])cc2c(c1OS(=O)(=O)C=C)C(=O)c1ccccc1C2=O.[Na+]. The van der Waals surface area contributed by atoms with Gasteiger partial charge in [0.2, 0.25) is 5.75 Å². The largest absolute Gasteiger partial charge is 1.00 e. The van der Waals surface area contributed by atoms with Gasteiger partial charge >= 0.3 is 49.8 Å². The smallest absolute Gasteiger partial charge is 0.744 e. The molecule has 1 aliphatic rings. The summed E-state index contributed by atoms with van der Waals surface area (Å²) in [6.07, 6.45) is 0. The van der Waals surface area contributed by atoms with Crippen LogP contribution in [-0.2, 0) is 30.4 Å². The molecule has 1 aliphatic carbocycles. The van der Waals surface area contributed by atoms with Crippen molar-refractivity contribution in [3.8, 4) is 11.5 Å². The first kappa shape index (κ1) is 26.9. The van der Waals surface area contributed by atoms with E-state index in [4.69, 9.17) is 4.18 Å². The Morgan fingerprint density at radius 3 is 1.67 bits per heavy atom. The number of ketones is 2. The predicted octanol–water partition coefficient (Wildman–Crippen LogP) is -1.93. The van der Waals surface area contributed by atoms with E-state index in [0.29, 0.717) is 6.07 Å². The fourth-order valence-electron chi connectivity index (χ4n) is 2.82. The number of fused-ring (bicyclic) bond motifs is 2. The summed E-state index contributed by atoms with van der Waals surface area (Å²) < 4.78 is 92.8. The summed E-state index contributed by atoms with van der Waals surface area (Å²) in [5.41, 5.74) is -1.90. The molecule has 0 unspecified atom stereocenters. The van der Waals surface area contributed by atoms with Gasteiger partial charge in [-0.15, -0.1) is 0 Å². The maximum absolute atomic E-state index is 13.1. The van der Waals surface area contributed by atoms with Crippen LogP contribution >= 0.6 is 0 Å². The van der Waals surface area contributed by atoms with E-state index >= 15 is 0 Å². The summed E-state index contributed by atoms with van der Waals surface area (Å²) in [6.45, 7) is 5.93. The Balaban J connectivity index is 0.00000385. The summed E-state index contributed by atoms with van der Waals surface area (Å²) in [5, 5.41) is 0.480. The van der Waals surface area contributed by atoms with E-state index in [1.165, 1.54) is 24.3 Å². The molecule has 2 aromatic carbocycles. The number of benzene rings is 2. The first-order chi connectivity index (χ1) is 14.7. The molecular weight excluding hydrogens is 511 g/mol. The van der Waals surface area contributed by atoms with Crippen molar-refractivity contribution in [2.24, 2.45) is 0 Å². The van der Waals surface area contributed by atoms with Crippen molar-refractivity contribution in [3.05, 3.63) is 76.6 Å². The van der Waals surface area contributed by atoms with Crippen LogP contribution in [0.15, 0.2) is 59.2 Å². The molecule has 0 aliphatic heterocycles.